The van der Waals surface area contributed by atoms with Crippen LogP contribution in [0, 0.1) is 18.7 Å². The van der Waals surface area contributed by atoms with Gasteiger partial charge in [-0.05, 0) is 55.9 Å². The number of aliphatic hydroxyl groups is 1. The van der Waals surface area contributed by atoms with Crippen LogP contribution in [0.15, 0.2) is 30.6 Å². The molecular formula is C22H23FN4O4S. The van der Waals surface area contributed by atoms with Gasteiger partial charge in [0.1, 0.15) is 10.6 Å². The molecule has 0 aliphatic heterocycles. The third-order valence-electron chi connectivity index (χ3n) is 5.59. The second-order valence-electron chi connectivity index (χ2n) is 7.94. The van der Waals surface area contributed by atoms with Gasteiger partial charge in [-0.3, -0.25) is 4.79 Å². The summed E-state index contributed by atoms with van der Waals surface area (Å²) in [7, 11) is 1.34. The summed E-state index contributed by atoms with van der Waals surface area (Å²) in [6.45, 7) is 1.95. The van der Waals surface area contributed by atoms with Gasteiger partial charge in [0.25, 0.3) is 5.88 Å². The normalized spacial score (nSPS) is 20.7. The molecule has 0 bridgehead atoms. The van der Waals surface area contributed by atoms with E-state index >= 15 is 0 Å². The topological polar surface area (TPSA) is 117 Å². The number of benzene rings is 1. The number of carbonyl (C=O) groups is 1. The largest absolute Gasteiger partial charge is 0.481 e. The molecule has 1 aliphatic carbocycles. The van der Waals surface area contributed by atoms with Crippen LogP contribution in [-0.2, 0) is 10.4 Å². The maximum absolute atomic E-state index is 13.6. The second-order valence-corrected chi connectivity index (χ2v) is 8.97. The molecule has 2 heterocycles. The average Bonchev–Trinajstić information content (AvgIpc) is 3.26. The Morgan fingerprint density at radius 1 is 1.25 bits per heavy atom. The third kappa shape index (κ3) is 4.56. The maximum atomic E-state index is 13.6. The first-order valence-corrected chi connectivity index (χ1v) is 11.0. The number of carboxylic acid groups (broad SMARTS) is 1. The number of ether oxygens (including phenoxy) is 1. The number of hydrogen-bond donors (Lipinski definition) is 3. The van der Waals surface area contributed by atoms with Crippen LogP contribution in [-0.4, -0.2) is 38.2 Å². The number of anilines is 2. The standard InChI is InChI=1S/C22H23FN4O4S/c1-12-7-14(9-15(8-12)26-21-25-10-16(23)18(27-21)31-2)17-11-24-20(32-17)22(30)5-3-13(4-6-22)19(28)29/h7-11,13,30H,3-6H2,1-2H3,(H,28,29)(H,25,26,27)/t13-,22-. The number of rotatable bonds is 6. The van der Waals surface area contributed by atoms with Crippen molar-refractivity contribution in [2.75, 3.05) is 12.4 Å². The lowest BCUT2D eigenvalue weighted by atomic mass is 9.79. The fraction of sp³-hybridized carbons (Fsp3) is 0.364. The summed E-state index contributed by atoms with van der Waals surface area (Å²) in [5.74, 6) is -1.81. The molecule has 1 fully saturated rings. The highest BCUT2D eigenvalue weighted by molar-refractivity contribution is 7.15. The Morgan fingerprint density at radius 2 is 2.00 bits per heavy atom. The summed E-state index contributed by atoms with van der Waals surface area (Å²) in [4.78, 5) is 24.5. The van der Waals surface area contributed by atoms with Gasteiger partial charge in [0.2, 0.25) is 11.8 Å². The SMILES string of the molecule is COc1nc(Nc2cc(C)cc(-c3cnc([C@]4(O)CC[C@H](C(=O)O)CC4)s3)c2)ncc1F. The number of carboxylic acids is 1. The first kappa shape index (κ1) is 22.1. The van der Waals surface area contributed by atoms with Crippen LogP contribution in [0.3, 0.4) is 0 Å². The van der Waals surface area contributed by atoms with E-state index in [1.807, 2.05) is 25.1 Å². The van der Waals surface area contributed by atoms with E-state index in [0.717, 1.165) is 22.2 Å². The second kappa shape index (κ2) is 8.79. The fourth-order valence-electron chi connectivity index (χ4n) is 3.86. The van der Waals surface area contributed by atoms with E-state index in [9.17, 15) is 19.4 Å². The quantitative estimate of drug-likeness (QED) is 0.502. The molecule has 168 valence electrons. The molecule has 1 aliphatic rings. The molecule has 3 N–H and O–H groups in total. The van der Waals surface area contributed by atoms with Crippen molar-refractivity contribution in [2.45, 2.75) is 38.2 Å². The Balaban J connectivity index is 1.56. The van der Waals surface area contributed by atoms with Gasteiger partial charge in [-0.25, -0.2) is 9.97 Å². The summed E-state index contributed by atoms with van der Waals surface area (Å²) >= 11 is 1.40. The van der Waals surface area contributed by atoms with Crippen molar-refractivity contribution in [3.63, 3.8) is 0 Å². The van der Waals surface area contributed by atoms with Crippen molar-refractivity contribution in [3.05, 3.63) is 47.0 Å². The lowest BCUT2D eigenvalue weighted by Gasteiger charge is -2.32. The van der Waals surface area contributed by atoms with Gasteiger partial charge >= 0.3 is 5.97 Å². The molecular weight excluding hydrogens is 435 g/mol. The Labute approximate surface area is 188 Å². The molecule has 1 saturated carbocycles. The first-order chi connectivity index (χ1) is 15.3. The summed E-state index contributed by atoms with van der Waals surface area (Å²) in [6.07, 6.45) is 4.38. The lowest BCUT2D eigenvalue weighted by Crippen LogP contribution is -2.33. The molecule has 0 saturated heterocycles. The zero-order valence-electron chi connectivity index (χ0n) is 17.6. The van der Waals surface area contributed by atoms with Crippen LogP contribution in [0.5, 0.6) is 5.88 Å². The van der Waals surface area contributed by atoms with Crippen LogP contribution < -0.4 is 10.1 Å². The first-order valence-electron chi connectivity index (χ1n) is 10.1. The molecule has 1 aromatic carbocycles. The van der Waals surface area contributed by atoms with Crippen molar-refractivity contribution < 1.29 is 24.1 Å². The summed E-state index contributed by atoms with van der Waals surface area (Å²) in [5, 5.41) is 23.9. The molecule has 0 atom stereocenters. The minimum atomic E-state index is -1.10. The van der Waals surface area contributed by atoms with E-state index < -0.39 is 23.3 Å². The monoisotopic (exact) mass is 458 g/mol. The molecule has 0 unspecified atom stereocenters. The Morgan fingerprint density at radius 3 is 2.69 bits per heavy atom. The van der Waals surface area contributed by atoms with Gasteiger partial charge in [0.15, 0.2) is 0 Å². The predicted molar refractivity (Wildman–Crippen MR) is 118 cm³/mol. The van der Waals surface area contributed by atoms with E-state index in [4.69, 9.17) is 4.74 Å². The summed E-state index contributed by atoms with van der Waals surface area (Å²) in [5.41, 5.74) is 1.49. The third-order valence-corrected chi connectivity index (χ3v) is 6.83. The lowest BCUT2D eigenvalue weighted by molar-refractivity contribution is -0.145. The number of halogens is 1. The molecule has 3 aromatic rings. The number of hydrogen-bond acceptors (Lipinski definition) is 8. The van der Waals surface area contributed by atoms with Crippen LogP contribution in [0.2, 0.25) is 0 Å². The van der Waals surface area contributed by atoms with Gasteiger partial charge in [0.05, 0.1) is 24.1 Å². The van der Waals surface area contributed by atoms with Gasteiger partial charge in [-0.15, -0.1) is 11.3 Å². The maximum Gasteiger partial charge on any atom is 0.306 e. The predicted octanol–water partition coefficient (Wildman–Crippen LogP) is 4.26. The van der Waals surface area contributed by atoms with Crippen molar-refractivity contribution in [1.29, 1.82) is 0 Å². The fourth-order valence-corrected chi connectivity index (χ4v) is 4.91. The van der Waals surface area contributed by atoms with Crippen molar-refractivity contribution in [2.24, 2.45) is 5.92 Å². The molecule has 4 rings (SSSR count). The van der Waals surface area contributed by atoms with Crippen LogP contribution in [0.1, 0.15) is 36.3 Å². The number of methoxy groups -OCH3 is 1. The minimum Gasteiger partial charge on any atom is -0.481 e. The van der Waals surface area contributed by atoms with Crippen LogP contribution in [0.25, 0.3) is 10.4 Å². The minimum absolute atomic E-state index is 0.145. The zero-order valence-corrected chi connectivity index (χ0v) is 18.4. The van der Waals surface area contributed by atoms with Crippen LogP contribution >= 0.6 is 11.3 Å². The molecule has 10 heteroatoms. The summed E-state index contributed by atoms with van der Waals surface area (Å²) in [6, 6.07) is 5.81. The van der Waals surface area contributed by atoms with Crippen molar-refractivity contribution in [3.8, 4) is 16.3 Å². The molecule has 32 heavy (non-hydrogen) atoms. The molecule has 8 nitrogen and oxygen atoms in total. The van der Waals surface area contributed by atoms with E-state index in [-0.39, 0.29) is 11.8 Å². The van der Waals surface area contributed by atoms with E-state index in [0.29, 0.717) is 36.4 Å². The van der Waals surface area contributed by atoms with Crippen molar-refractivity contribution >= 4 is 28.9 Å². The number of aryl methyl sites for hydroxylation is 1. The number of aliphatic carboxylic acids is 1. The molecule has 0 spiro atoms. The number of aromatic nitrogens is 3. The van der Waals surface area contributed by atoms with E-state index in [1.165, 1.54) is 18.4 Å². The zero-order chi connectivity index (χ0) is 22.9. The number of thiazole rings is 1. The summed E-state index contributed by atoms with van der Waals surface area (Å²) < 4.78 is 18.5. The Bertz CT molecular complexity index is 1140. The van der Waals surface area contributed by atoms with Crippen LogP contribution in [0.4, 0.5) is 16.0 Å². The molecule has 0 radical (unpaired) electrons. The van der Waals surface area contributed by atoms with Gasteiger partial charge in [0, 0.05) is 11.9 Å². The van der Waals surface area contributed by atoms with Gasteiger partial charge in [-0.2, -0.15) is 9.37 Å². The number of nitrogens with zero attached hydrogens (tertiary/aromatic N) is 3. The Hall–Kier alpha value is -3.11. The Kier molecular flexibility index (Phi) is 6.07. The van der Waals surface area contributed by atoms with Gasteiger partial charge < -0.3 is 20.3 Å². The average molecular weight is 459 g/mol. The van der Waals surface area contributed by atoms with E-state index in [2.05, 4.69) is 20.3 Å². The molecule has 0 amide bonds. The highest BCUT2D eigenvalue weighted by Crippen LogP contribution is 2.43. The van der Waals surface area contributed by atoms with Gasteiger partial charge in [-0.1, -0.05) is 6.07 Å². The molecule has 2 aromatic heterocycles. The smallest absolute Gasteiger partial charge is 0.306 e. The highest BCUT2D eigenvalue weighted by Gasteiger charge is 2.39. The number of nitrogens with one attached hydrogen (secondary N) is 1. The van der Waals surface area contributed by atoms with E-state index in [1.54, 1.807) is 6.20 Å². The van der Waals surface area contributed by atoms with Crippen molar-refractivity contribution in [1.82, 2.24) is 15.0 Å². The highest BCUT2D eigenvalue weighted by atomic mass is 32.1.